The van der Waals surface area contributed by atoms with Crippen molar-refractivity contribution in [1.82, 2.24) is 4.90 Å². The first-order valence-electron chi connectivity index (χ1n) is 7.52. The van der Waals surface area contributed by atoms with Crippen molar-refractivity contribution in [1.29, 1.82) is 0 Å². The van der Waals surface area contributed by atoms with Gasteiger partial charge in [0.1, 0.15) is 0 Å². The Labute approximate surface area is 105 Å². The van der Waals surface area contributed by atoms with Crippen LogP contribution in [0.2, 0.25) is 0 Å². The lowest BCUT2D eigenvalue weighted by molar-refractivity contribution is -0.138. The fourth-order valence-electron chi connectivity index (χ4n) is 4.46. The lowest BCUT2D eigenvalue weighted by Gasteiger charge is -2.34. The standard InChI is InChI=1S/C15H25NO/c1-16(13-5-3-2-4-6-13)15(17)14-10-11-7-8-12(14)9-11/h11-14H,2-10H2,1H3. The second-order valence-corrected chi connectivity index (χ2v) is 6.52. The molecule has 3 rings (SSSR count). The van der Waals surface area contributed by atoms with E-state index in [2.05, 4.69) is 11.9 Å². The number of rotatable bonds is 2. The van der Waals surface area contributed by atoms with Gasteiger partial charge < -0.3 is 4.90 Å². The Balaban J connectivity index is 1.61. The van der Waals surface area contributed by atoms with E-state index in [0.29, 0.717) is 17.9 Å². The summed E-state index contributed by atoms with van der Waals surface area (Å²) in [5, 5.41) is 0. The van der Waals surface area contributed by atoms with Gasteiger partial charge in [-0.05, 0) is 43.9 Å². The number of carbonyl (C=O) groups excluding carboxylic acids is 1. The summed E-state index contributed by atoms with van der Waals surface area (Å²) in [5.41, 5.74) is 0. The first kappa shape index (κ1) is 11.6. The highest BCUT2D eigenvalue weighted by atomic mass is 16.2. The summed E-state index contributed by atoms with van der Waals surface area (Å²) in [6, 6.07) is 0.551. The predicted molar refractivity (Wildman–Crippen MR) is 68.6 cm³/mol. The van der Waals surface area contributed by atoms with Gasteiger partial charge in [-0.15, -0.1) is 0 Å². The topological polar surface area (TPSA) is 20.3 Å². The van der Waals surface area contributed by atoms with Crippen LogP contribution in [0.1, 0.15) is 57.8 Å². The third kappa shape index (κ3) is 2.11. The van der Waals surface area contributed by atoms with Crippen LogP contribution in [0.25, 0.3) is 0 Å². The summed E-state index contributed by atoms with van der Waals surface area (Å²) in [5.74, 6) is 2.48. The van der Waals surface area contributed by atoms with Crippen molar-refractivity contribution in [3.8, 4) is 0 Å². The Morgan fingerprint density at radius 1 is 1.00 bits per heavy atom. The summed E-state index contributed by atoms with van der Waals surface area (Å²) in [6.07, 6.45) is 11.7. The molecule has 0 N–H and O–H groups in total. The molecule has 0 saturated heterocycles. The minimum Gasteiger partial charge on any atom is -0.343 e. The average molecular weight is 235 g/mol. The molecule has 3 aliphatic rings. The molecular weight excluding hydrogens is 210 g/mol. The first-order chi connectivity index (χ1) is 8.25. The number of hydrogen-bond donors (Lipinski definition) is 0. The molecule has 3 unspecified atom stereocenters. The number of hydrogen-bond acceptors (Lipinski definition) is 1. The molecule has 0 spiro atoms. The van der Waals surface area contributed by atoms with Crippen LogP contribution < -0.4 is 0 Å². The van der Waals surface area contributed by atoms with Crippen molar-refractivity contribution >= 4 is 5.91 Å². The van der Waals surface area contributed by atoms with Gasteiger partial charge in [0.2, 0.25) is 5.91 Å². The molecule has 3 saturated carbocycles. The van der Waals surface area contributed by atoms with Crippen LogP contribution >= 0.6 is 0 Å². The minimum absolute atomic E-state index is 0.390. The Hall–Kier alpha value is -0.530. The van der Waals surface area contributed by atoms with Gasteiger partial charge >= 0.3 is 0 Å². The molecule has 2 nitrogen and oxygen atoms in total. The Bertz CT molecular complexity index is 295. The quantitative estimate of drug-likeness (QED) is 0.719. The monoisotopic (exact) mass is 235 g/mol. The van der Waals surface area contributed by atoms with Crippen LogP contribution in [0.4, 0.5) is 0 Å². The minimum atomic E-state index is 0.390. The van der Waals surface area contributed by atoms with Crippen LogP contribution in [-0.4, -0.2) is 23.9 Å². The second kappa shape index (κ2) is 4.62. The zero-order valence-electron chi connectivity index (χ0n) is 11.0. The van der Waals surface area contributed by atoms with E-state index in [-0.39, 0.29) is 0 Å². The molecule has 0 heterocycles. The maximum absolute atomic E-state index is 12.6. The van der Waals surface area contributed by atoms with Crippen LogP contribution in [0.5, 0.6) is 0 Å². The number of amides is 1. The maximum atomic E-state index is 12.6. The zero-order valence-corrected chi connectivity index (χ0v) is 11.0. The van der Waals surface area contributed by atoms with Gasteiger partial charge in [0.25, 0.3) is 0 Å². The molecule has 0 aromatic rings. The molecule has 17 heavy (non-hydrogen) atoms. The van der Waals surface area contributed by atoms with Crippen molar-refractivity contribution < 1.29 is 4.79 Å². The van der Waals surface area contributed by atoms with E-state index in [4.69, 9.17) is 0 Å². The highest BCUT2D eigenvalue weighted by Gasteiger charge is 2.44. The Morgan fingerprint density at radius 2 is 1.76 bits per heavy atom. The predicted octanol–water partition coefficient (Wildman–Crippen LogP) is 3.21. The van der Waals surface area contributed by atoms with E-state index in [9.17, 15) is 4.79 Å². The van der Waals surface area contributed by atoms with Gasteiger partial charge in [0.15, 0.2) is 0 Å². The normalized spacial score (nSPS) is 37.4. The molecule has 0 aromatic carbocycles. The molecule has 2 heteroatoms. The van der Waals surface area contributed by atoms with Crippen LogP contribution in [-0.2, 0) is 4.79 Å². The van der Waals surface area contributed by atoms with Crippen LogP contribution in [0, 0.1) is 17.8 Å². The molecule has 3 fully saturated rings. The smallest absolute Gasteiger partial charge is 0.225 e. The van der Waals surface area contributed by atoms with E-state index in [0.717, 1.165) is 11.8 Å². The van der Waals surface area contributed by atoms with Crippen LogP contribution in [0.15, 0.2) is 0 Å². The third-order valence-electron chi connectivity index (χ3n) is 5.53. The Kier molecular flexibility index (Phi) is 3.14. The van der Waals surface area contributed by atoms with Gasteiger partial charge in [-0.3, -0.25) is 4.79 Å². The van der Waals surface area contributed by atoms with E-state index in [1.165, 1.54) is 57.8 Å². The Morgan fingerprint density at radius 3 is 2.35 bits per heavy atom. The van der Waals surface area contributed by atoms with Crippen molar-refractivity contribution in [2.75, 3.05) is 7.05 Å². The first-order valence-corrected chi connectivity index (χ1v) is 7.52. The molecule has 96 valence electrons. The zero-order chi connectivity index (χ0) is 11.8. The van der Waals surface area contributed by atoms with Gasteiger partial charge in [0.05, 0.1) is 0 Å². The van der Waals surface area contributed by atoms with Crippen LogP contribution in [0.3, 0.4) is 0 Å². The molecule has 2 bridgehead atoms. The molecule has 1 amide bonds. The van der Waals surface area contributed by atoms with E-state index in [1.807, 2.05) is 0 Å². The highest BCUT2D eigenvalue weighted by Crippen LogP contribution is 2.49. The average Bonchev–Trinajstić information content (AvgIpc) is 3.00. The molecular formula is C15H25NO. The van der Waals surface area contributed by atoms with E-state index in [1.54, 1.807) is 0 Å². The lowest BCUT2D eigenvalue weighted by atomic mass is 9.86. The highest BCUT2D eigenvalue weighted by molar-refractivity contribution is 5.79. The van der Waals surface area contributed by atoms with E-state index >= 15 is 0 Å². The molecule has 0 aromatic heterocycles. The SMILES string of the molecule is CN(C(=O)C1CC2CCC1C2)C1CCCCC1. The summed E-state index contributed by atoms with van der Waals surface area (Å²) in [4.78, 5) is 14.7. The molecule has 0 radical (unpaired) electrons. The van der Waals surface area contributed by atoms with E-state index < -0.39 is 0 Å². The van der Waals surface area contributed by atoms with Gasteiger partial charge in [-0.1, -0.05) is 25.7 Å². The summed E-state index contributed by atoms with van der Waals surface area (Å²) in [7, 11) is 2.06. The van der Waals surface area contributed by atoms with Crippen molar-refractivity contribution in [2.24, 2.45) is 17.8 Å². The number of nitrogens with zero attached hydrogens (tertiary/aromatic N) is 1. The van der Waals surface area contributed by atoms with Crippen molar-refractivity contribution in [3.63, 3.8) is 0 Å². The molecule has 3 atom stereocenters. The number of carbonyl (C=O) groups is 1. The fourth-order valence-corrected chi connectivity index (χ4v) is 4.46. The fraction of sp³-hybridized carbons (Fsp3) is 0.933. The van der Waals surface area contributed by atoms with Gasteiger partial charge in [-0.25, -0.2) is 0 Å². The van der Waals surface area contributed by atoms with Gasteiger partial charge in [0, 0.05) is 19.0 Å². The maximum Gasteiger partial charge on any atom is 0.225 e. The molecule has 0 aliphatic heterocycles. The summed E-state index contributed by atoms with van der Waals surface area (Å²) < 4.78 is 0. The van der Waals surface area contributed by atoms with Gasteiger partial charge in [-0.2, -0.15) is 0 Å². The third-order valence-corrected chi connectivity index (χ3v) is 5.53. The largest absolute Gasteiger partial charge is 0.343 e. The van der Waals surface area contributed by atoms with Crippen molar-refractivity contribution in [3.05, 3.63) is 0 Å². The summed E-state index contributed by atoms with van der Waals surface area (Å²) in [6.45, 7) is 0. The molecule has 3 aliphatic carbocycles. The second-order valence-electron chi connectivity index (χ2n) is 6.52. The summed E-state index contributed by atoms with van der Waals surface area (Å²) >= 11 is 0. The lowest BCUT2D eigenvalue weighted by Crippen LogP contribution is -2.43. The van der Waals surface area contributed by atoms with Crippen molar-refractivity contribution in [2.45, 2.75) is 63.8 Å². The number of fused-ring (bicyclic) bond motifs is 2.